The van der Waals surface area contributed by atoms with Crippen molar-refractivity contribution in [1.82, 2.24) is 9.55 Å². The van der Waals surface area contributed by atoms with Gasteiger partial charge in [-0.1, -0.05) is 26.0 Å². The Hall–Kier alpha value is -1.77. The zero-order valence-electron chi connectivity index (χ0n) is 11.1. The normalized spacial score (nSPS) is 13.8. The van der Waals surface area contributed by atoms with Crippen molar-refractivity contribution in [3.63, 3.8) is 0 Å². The van der Waals surface area contributed by atoms with Crippen molar-refractivity contribution in [2.24, 2.45) is 0 Å². The molecule has 18 heavy (non-hydrogen) atoms. The lowest BCUT2D eigenvalue weighted by Crippen LogP contribution is -2.05. The first-order valence-corrected chi connectivity index (χ1v) is 6.46. The standard InChI is InChI=1S/C15H18N2O/c1-10(2)12-5-4-6-13-14(12)18-8-7-17-9-11(3)16-15(13)17/h4-6,9-10H,7-8H2,1-3H3. The molecule has 0 fully saturated rings. The van der Waals surface area contributed by atoms with Gasteiger partial charge in [-0.15, -0.1) is 0 Å². The quantitative estimate of drug-likeness (QED) is 0.766. The Balaban J connectivity index is 2.24. The summed E-state index contributed by atoms with van der Waals surface area (Å²) >= 11 is 0. The van der Waals surface area contributed by atoms with Gasteiger partial charge < -0.3 is 9.30 Å². The second-order valence-electron chi connectivity index (χ2n) is 5.13. The van der Waals surface area contributed by atoms with Gasteiger partial charge in [0.25, 0.3) is 0 Å². The fraction of sp³-hybridized carbons (Fsp3) is 0.400. The Morgan fingerprint density at radius 3 is 2.94 bits per heavy atom. The van der Waals surface area contributed by atoms with E-state index >= 15 is 0 Å². The lowest BCUT2D eigenvalue weighted by atomic mass is 9.99. The summed E-state index contributed by atoms with van der Waals surface area (Å²) in [5.74, 6) is 2.50. The van der Waals surface area contributed by atoms with Gasteiger partial charge in [0.2, 0.25) is 0 Å². The summed E-state index contributed by atoms with van der Waals surface area (Å²) < 4.78 is 8.15. The third-order valence-corrected chi connectivity index (χ3v) is 3.38. The predicted molar refractivity (Wildman–Crippen MR) is 72.0 cm³/mol. The molecule has 1 aromatic heterocycles. The van der Waals surface area contributed by atoms with Crippen molar-refractivity contribution in [1.29, 1.82) is 0 Å². The number of para-hydroxylation sites is 1. The van der Waals surface area contributed by atoms with E-state index < -0.39 is 0 Å². The molecule has 3 nitrogen and oxygen atoms in total. The smallest absolute Gasteiger partial charge is 0.144 e. The van der Waals surface area contributed by atoms with Crippen LogP contribution < -0.4 is 4.74 Å². The highest BCUT2D eigenvalue weighted by atomic mass is 16.5. The van der Waals surface area contributed by atoms with Gasteiger partial charge in [0.05, 0.1) is 17.8 Å². The summed E-state index contributed by atoms with van der Waals surface area (Å²) in [6, 6.07) is 6.34. The van der Waals surface area contributed by atoms with Gasteiger partial charge >= 0.3 is 0 Å². The molecule has 3 rings (SSSR count). The molecule has 0 atom stereocenters. The first-order valence-electron chi connectivity index (χ1n) is 6.46. The van der Waals surface area contributed by atoms with Gasteiger partial charge in [-0.25, -0.2) is 4.98 Å². The molecule has 0 spiro atoms. The number of rotatable bonds is 1. The van der Waals surface area contributed by atoms with E-state index in [1.54, 1.807) is 0 Å². The van der Waals surface area contributed by atoms with Crippen LogP contribution in [0, 0.1) is 6.92 Å². The summed E-state index contributed by atoms with van der Waals surface area (Å²) in [6.45, 7) is 8.00. The van der Waals surface area contributed by atoms with Crippen LogP contribution in [0.3, 0.4) is 0 Å². The van der Waals surface area contributed by atoms with Crippen LogP contribution in [0.2, 0.25) is 0 Å². The molecule has 1 aromatic carbocycles. The van der Waals surface area contributed by atoms with Gasteiger partial charge in [-0.2, -0.15) is 0 Å². The van der Waals surface area contributed by atoms with Crippen molar-refractivity contribution in [2.75, 3.05) is 6.61 Å². The van der Waals surface area contributed by atoms with Crippen LogP contribution in [0.25, 0.3) is 11.4 Å². The van der Waals surface area contributed by atoms with E-state index in [9.17, 15) is 0 Å². The Labute approximate surface area is 107 Å². The van der Waals surface area contributed by atoms with E-state index in [4.69, 9.17) is 4.74 Å². The number of aromatic nitrogens is 2. The number of nitrogens with zero attached hydrogens (tertiary/aromatic N) is 2. The second-order valence-corrected chi connectivity index (χ2v) is 5.13. The molecular formula is C15H18N2O. The second kappa shape index (κ2) is 4.16. The average Bonchev–Trinajstić information content (AvgIpc) is 2.62. The van der Waals surface area contributed by atoms with Crippen LogP contribution in [0.15, 0.2) is 24.4 Å². The zero-order chi connectivity index (χ0) is 12.7. The van der Waals surface area contributed by atoms with Crippen molar-refractivity contribution in [3.05, 3.63) is 35.7 Å². The third kappa shape index (κ3) is 1.70. The van der Waals surface area contributed by atoms with E-state index in [2.05, 4.69) is 47.8 Å². The molecule has 94 valence electrons. The maximum absolute atomic E-state index is 5.96. The molecule has 0 radical (unpaired) electrons. The summed E-state index contributed by atoms with van der Waals surface area (Å²) in [5.41, 5.74) is 3.45. The lowest BCUT2D eigenvalue weighted by Gasteiger charge is -2.14. The largest absolute Gasteiger partial charge is 0.491 e. The van der Waals surface area contributed by atoms with Gasteiger partial charge in [0.1, 0.15) is 18.2 Å². The number of fused-ring (bicyclic) bond motifs is 3. The molecule has 0 bridgehead atoms. The summed E-state index contributed by atoms with van der Waals surface area (Å²) in [5, 5.41) is 0. The summed E-state index contributed by atoms with van der Waals surface area (Å²) in [7, 11) is 0. The molecule has 0 N–H and O–H groups in total. The first-order chi connectivity index (χ1) is 8.66. The maximum atomic E-state index is 5.96. The highest BCUT2D eigenvalue weighted by molar-refractivity contribution is 5.68. The van der Waals surface area contributed by atoms with Gasteiger partial charge in [0, 0.05) is 6.20 Å². The molecule has 0 saturated carbocycles. The topological polar surface area (TPSA) is 27.1 Å². The molecule has 0 amide bonds. The fourth-order valence-corrected chi connectivity index (χ4v) is 2.52. The van der Waals surface area contributed by atoms with Crippen LogP contribution >= 0.6 is 0 Å². The zero-order valence-corrected chi connectivity index (χ0v) is 11.1. The Bertz CT molecular complexity index is 584. The highest BCUT2D eigenvalue weighted by Gasteiger charge is 2.20. The molecule has 1 aliphatic rings. The summed E-state index contributed by atoms with van der Waals surface area (Å²) in [4.78, 5) is 4.64. The molecule has 0 aliphatic carbocycles. The van der Waals surface area contributed by atoms with Gasteiger partial charge in [0.15, 0.2) is 0 Å². The molecule has 0 saturated heterocycles. The number of ether oxygens (including phenoxy) is 1. The Morgan fingerprint density at radius 2 is 2.17 bits per heavy atom. The van der Waals surface area contributed by atoms with Crippen LogP contribution in [0.1, 0.15) is 31.0 Å². The van der Waals surface area contributed by atoms with E-state index in [-0.39, 0.29) is 0 Å². The van der Waals surface area contributed by atoms with Crippen LogP contribution in [0.4, 0.5) is 0 Å². The monoisotopic (exact) mass is 242 g/mol. The van der Waals surface area contributed by atoms with E-state index in [0.29, 0.717) is 12.5 Å². The molecule has 0 unspecified atom stereocenters. The van der Waals surface area contributed by atoms with Crippen LogP contribution in [0.5, 0.6) is 5.75 Å². The van der Waals surface area contributed by atoms with E-state index in [1.807, 2.05) is 6.92 Å². The van der Waals surface area contributed by atoms with Gasteiger partial charge in [-0.05, 0) is 24.5 Å². The predicted octanol–water partition coefficient (Wildman–Crippen LogP) is 3.37. The number of aryl methyl sites for hydroxylation is 1. The van der Waals surface area contributed by atoms with Crippen LogP contribution in [-0.2, 0) is 6.54 Å². The summed E-state index contributed by atoms with van der Waals surface area (Å²) in [6.07, 6.45) is 2.09. The number of hydrogen-bond donors (Lipinski definition) is 0. The molecule has 2 aromatic rings. The van der Waals surface area contributed by atoms with Gasteiger partial charge in [-0.3, -0.25) is 0 Å². The minimum Gasteiger partial charge on any atom is -0.491 e. The molecular weight excluding hydrogens is 224 g/mol. The van der Waals surface area contributed by atoms with E-state index in [0.717, 1.165) is 29.4 Å². The minimum atomic E-state index is 0.461. The van der Waals surface area contributed by atoms with Crippen molar-refractivity contribution >= 4 is 0 Å². The van der Waals surface area contributed by atoms with Crippen molar-refractivity contribution in [3.8, 4) is 17.1 Å². The fourth-order valence-electron chi connectivity index (χ4n) is 2.52. The number of hydrogen-bond acceptors (Lipinski definition) is 2. The first kappa shape index (κ1) is 11.3. The lowest BCUT2D eigenvalue weighted by molar-refractivity contribution is 0.303. The van der Waals surface area contributed by atoms with E-state index in [1.165, 1.54) is 5.56 Å². The average molecular weight is 242 g/mol. The maximum Gasteiger partial charge on any atom is 0.144 e. The Kier molecular flexibility index (Phi) is 2.62. The number of benzene rings is 1. The van der Waals surface area contributed by atoms with Crippen molar-refractivity contribution < 1.29 is 4.74 Å². The molecule has 1 aliphatic heterocycles. The van der Waals surface area contributed by atoms with Crippen molar-refractivity contribution in [2.45, 2.75) is 33.2 Å². The minimum absolute atomic E-state index is 0.461. The third-order valence-electron chi connectivity index (χ3n) is 3.38. The molecule has 2 heterocycles. The highest BCUT2D eigenvalue weighted by Crippen LogP contribution is 2.37. The Morgan fingerprint density at radius 1 is 1.33 bits per heavy atom. The number of imidazole rings is 1. The SMILES string of the molecule is Cc1cn2c(n1)-c1cccc(C(C)C)c1OCC2. The molecule has 3 heteroatoms. The van der Waals surface area contributed by atoms with Crippen LogP contribution in [-0.4, -0.2) is 16.2 Å².